The molecule has 66 valence electrons. The molecule has 0 fully saturated rings. The molecular weight excluding hydrogens is 148 g/mol. The lowest BCUT2D eigenvalue weighted by atomic mass is 10.2. The van der Waals surface area contributed by atoms with Crippen LogP contribution in [0.15, 0.2) is 34.9 Å². The molecule has 2 heteroatoms. The molecule has 0 saturated heterocycles. The molecule has 2 nitrogen and oxygen atoms in total. The maximum Gasteiger partial charge on any atom is 0.0356 e. The molecule has 1 aliphatic heterocycles. The summed E-state index contributed by atoms with van der Waals surface area (Å²) in [5.41, 5.74) is 5.63. The van der Waals surface area contributed by atoms with Crippen LogP contribution in [-0.2, 0) is 0 Å². The van der Waals surface area contributed by atoms with Gasteiger partial charge >= 0.3 is 0 Å². The van der Waals surface area contributed by atoms with Crippen molar-refractivity contribution >= 4 is 0 Å². The molecule has 0 radical (unpaired) electrons. The normalized spacial score (nSPS) is 18.8. The summed E-state index contributed by atoms with van der Waals surface area (Å²) in [5.74, 6) is 0. The molecule has 0 bridgehead atoms. The Bertz CT molecular complexity index is 282. The Morgan fingerprint density at radius 1 is 0.833 bits per heavy atom. The van der Waals surface area contributed by atoms with Crippen LogP contribution in [0, 0.1) is 0 Å². The molecule has 0 saturated carbocycles. The van der Waals surface area contributed by atoms with Crippen LogP contribution in [0.4, 0.5) is 0 Å². The summed E-state index contributed by atoms with van der Waals surface area (Å²) in [6.07, 6.45) is 0. The van der Waals surface area contributed by atoms with E-state index < -0.39 is 0 Å². The number of allylic oxidation sites excluding steroid dienone is 4. The van der Waals surface area contributed by atoms with Gasteiger partial charge in [-0.2, -0.15) is 0 Å². The van der Waals surface area contributed by atoms with Crippen LogP contribution < -0.4 is 10.6 Å². The van der Waals surface area contributed by atoms with Crippen molar-refractivity contribution in [2.75, 3.05) is 0 Å². The van der Waals surface area contributed by atoms with Crippen LogP contribution >= 0.6 is 0 Å². The van der Waals surface area contributed by atoms with Crippen LogP contribution in [0.1, 0.15) is 27.7 Å². The number of hydrogen-bond donors (Lipinski definition) is 2. The third-order valence-corrected chi connectivity index (χ3v) is 2.29. The van der Waals surface area contributed by atoms with Gasteiger partial charge in [0.1, 0.15) is 0 Å². The molecule has 0 amide bonds. The maximum atomic E-state index is 3.95. The fourth-order valence-corrected chi connectivity index (χ4v) is 1.11. The largest absolute Gasteiger partial charge is 0.361 e. The summed E-state index contributed by atoms with van der Waals surface area (Å²) in [6, 6.07) is 0. The standard InChI is InChI=1S/C10H16N2/c1-6-7(2)11-9(4)10(5)12-8(6)3/h11-12H,2H2,1,3-5H3. The molecule has 0 unspecified atom stereocenters. The Balaban J connectivity index is 3.05. The lowest BCUT2D eigenvalue weighted by Gasteiger charge is -2.07. The second-order valence-corrected chi connectivity index (χ2v) is 3.23. The monoisotopic (exact) mass is 164 g/mol. The molecule has 1 rings (SSSR count). The van der Waals surface area contributed by atoms with Gasteiger partial charge < -0.3 is 10.6 Å². The third kappa shape index (κ3) is 1.52. The molecule has 0 atom stereocenters. The van der Waals surface area contributed by atoms with E-state index in [-0.39, 0.29) is 0 Å². The van der Waals surface area contributed by atoms with Gasteiger partial charge in [-0.05, 0) is 33.3 Å². The first-order valence-electron chi connectivity index (χ1n) is 4.10. The van der Waals surface area contributed by atoms with Crippen molar-refractivity contribution in [2.45, 2.75) is 27.7 Å². The molecule has 2 N–H and O–H groups in total. The fourth-order valence-electron chi connectivity index (χ4n) is 1.11. The molecule has 0 spiro atoms. The van der Waals surface area contributed by atoms with E-state index in [1.54, 1.807) is 0 Å². The van der Waals surface area contributed by atoms with Gasteiger partial charge in [-0.3, -0.25) is 0 Å². The van der Waals surface area contributed by atoms with Gasteiger partial charge in [0.25, 0.3) is 0 Å². The van der Waals surface area contributed by atoms with Crippen molar-refractivity contribution in [3.63, 3.8) is 0 Å². The number of rotatable bonds is 0. The Hall–Kier alpha value is -1.18. The summed E-state index contributed by atoms with van der Waals surface area (Å²) in [7, 11) is 0. The maximum absolute atomic E-state index is 3.95. The Labute approximate surface area is 74.0 Å². The molecule has 0 aliphatic carbocycles. The van der Waals surface area contributed by atoms with Gasteiger partial charge in [-0.15, -0.1) is 0 Å². The second-order valence-electron chi connectivity index (χ2n) is 3.23. The van der Waals surface area contributed by atoms with Gasteiger partial charge in [0.05, 0.1) is 0 Å². The van der Waals surface area contributed by atoms with E-state index >= 15 is 0 Å². The van der Waals surface area contributed by atoms with Gasteiger partial charge in [0, 0.05) is 22.8 Å². The van der Waals surface area contributed by atoms with Gasteiger partial charge in [0.2, 0.25) is 0 Å². The zero-order valence-corrected chi connectivity index (χ0v) is 8.21. The van der Waals surface area contributed by atoms with Crippen molar-refractivity contribution in [3.05, 3.63) is 34.9 Å². The minimum Gasteiger partial charge on any atom is -0.361 e. The van der Waals surface area contributed by atoms with Crippen molar-refractivity contribution < 1.29 is 0 Å². The third-order valence-electron chi connectivity index (χ3n) is 2.29. The summed E-state index contributed by atoms with van der Waals surface area (Å²) < 4.78 is 0. The molecule has 0 aromatic rings. The zero-order valence-electron chi connectivity index (χ0n) is 8.21. The van der Waals surface area contributed by atoms with Crippen LogP contribution in [-0.4, -0.2) is 0 Å². The predicted molar refractivity (Wildman–Crippen MR) is 52.2 cm³/mol. The van der Waals surface area contributed by atoms with E-state index in [4.69, 9.17) is 0 Å². The van der Waals surface area contributed by atoms with E-state index in [1.165, 1.54) is 11.3 Å². The Morgan fingerprint density at radius 3 is 1.92 bits per heavy atom. The van der Waals surface area contributed by atoms with Crippen LogP contribution in [0.2, 0.25) is 0 Å². The number of hydrogen-bond acceptors (Lipinski definition) is 2. The van der Waals surface area contributed by atoms with Gasteiger partial charge in [-0.25, -0.2) is 0 Å². The van der Waals surface area contributed by atoms with E-state index in [1.807, 2.05) is 6.92 Å². The van der Waals surface area contributed by atoms with E-state index in [9.17, 15) is 0 Å². The van der Waals surface area contributed by atoms with Crippen molar-refractivity contribution in [3.8, 4) is 0 Å². The highest BCUT2D eigenvalue weighted by Gasteiger charge is 2.08. The quantitative estimate of drug-likeness (QED) is 0.573. The smallest absolute Gasteiger partial charge is 0.0356 e. The summed E-state index contributed by atoms with van der Waals surface area (Å²) in [4.78, 5) is 0. The highest BCUT2D eigenvalue weighted by atomic mass is 15.0. The summed E-state index contributed by atoms with van der Waals surface area (Å²) in [5, 5.41) is 6.54. The topological polar surface area (TPSA) is 24.1 Å². The molecule has 0 aromatic heterocycles. The average molecular weight is 164 g/mol. The predicted octanol–water partition coefficient (Wildman–Crippen LogP) is 2.24. The first-order chi connectivity index (χ1) is 5.52. The van der Waals surface area contributed by atoms with Crippen LogP contribution in [0.25, 0.3) is 0 Å². The molecule has 1 heterocycles. The van der Waals surface area contributed by atoms with Crippen molar-refractivity contribution in [2.24, 2.45) is 0 Å². The fraction of sp³-hybridized carbons (Fsp3) is 0.400. The van der Waals surface area contributed by atoms with Crippen LogP contribution in [0.5, 0.6) is 0 Å². The highest BCUT2D eigenvalue weighted by Crippen LogP contribution is 2.15. The van der Waals surface area contributed by atoms with Crippen molar-refractivity contribution in [1.82, 2.24) is 10.6 Å². The lowest BCUT2D eigenvalue weighted by Crippen LogP contribution is -2.12. The molecule has 0 aromatic carbocycles. The lowest BCUT2D eigenvalue weighted by molar-refractivity contribution is 0.915. The van der Waals surface area contributed by atoms with Gasteiger partial charge in [0.15, 0.2) is 0 Å². The van der Waals surface area contributed by atoms with Crippen molar-refractivity contribution in [1.29, 1.82) is 0 Å². The minimum atomic E-state index is 0.981. The second kappa shape index (κ2) is 3.05. The van der Waals surface area contributed by atoms with E-state index in [0.717, 1.165) is 17.1 Å². The first-order valence-corrected chi connectivity index (χ1v) is 4.10. The SMILES string of the molecule is C=C1NC(C)=C(C)NC(C)=C1C. The zero-order chi connectivity index (χ0) is 9.30. The van der Waals surface area contributed by atoms with E-state index in [0.29, 0.717) is 0 Å². The summed E-state index contributed by atoms with van der Waals surface area (Å²) in [6.45, 7) is 12.2. The first kappa shape index (κ1) is 8.91. The van der Waals surface area contributed by atoms with Crippen LogP contribution in [0.3, 0.4) is 0 Å². The van der Waals surface area contributed by atoms with E-state index in [2.05, 4.69) is 38.0 Å². The van der Waals surface area contributed by atoms with Gasteiger partial charge in [-0.1, -0.05) is 6.58 Å². The number of nitrogens with one attached hydrogen (secondary N) is 2. The minimum absolute atomic E-state index is 0.981. The molecular formula is C10H16N2. The average Bonchev–Trinajstić information content (AvgIpc) is 2.07. The molecule has 12 heavy (non-hydrogen) atoms. The highest BCUT2D eigenvalue weighted by molar-refractivity contribution is 5.36. The summed E-state index contributed by atoms with van der Waals surface area (Å²) >= 11 is 0. The Kier molecular flexibility index (Phi) is 2.27. The molecule has 1 aliphatic rings. The Morgan fingerprint density at radius 2 is 1.33 bits per heavy atom.